The zero-order chi connectivity index (χ0) is 16.3. The molecule has 0 aromatic carbocycles. The molecule has 0 bridgehead atoms. The summed E-state index contributed by atoms with van der Waals surface area (Å²) in [6, 6.07) is 1.84. The number of anilines is 1. The Balaban J connectivity index is 2.02. The number of nitrogens with zero attached hydrogens (tertiary/aromatic N) is 4. The van der Waals surface area contributed by atoms with Gasteiger partial charge in [0.05, 0.1) is 6.04 Å². The van der Waals surface area contributed by atoms with Crippen LogP contribution in [0, 0.1) is 0 Å². The summed E-state index contributed by atoms with van der Waals surface area (Å²) in [6.07, 6.45) is 3.10. The van der Waals surface area contributed by atoms with Crippen molar-refractivity contribution in [2.24, 2.45) is 0 Å². The number of carbonyl (C=O) groups is 1. The summed E-state index contributed by atoms with van der Waals surface area (Å²) < 4.78 is 5.43. The van der Waals surface area contributed by atoms with Crippen molar-refractivity contribution in [2.45, 2.75) is 45.3 Å². The lowest BCUT2D eigenvalue weighted by Crippen LogP contribution is -2.50. The first-order valence-corrected chi connectivity index (χ1v) is 7.82. The number of piperidine rings is 1. The monoisotopic (exact) mass is 326 g/mol. The van der Waals surface area contributed by atoms with E-state index in [9.17, 15) is 4.79 Å². The van der Waals surface area contributed by atoms with Crippen molar-refractivity contribution in [3.8, 4) is 0 Å². The van der Waals surface area contributed by atoms with Gasteiger partial charge in [0.25, 0.3) is 0 Å². The Morgan fingerprint density at radius 2 is 2.18 bits per heavy atom. The SMILES string of the molecule is CN(C(=O)OC(C)(C)C)[C@H]1CCCN(c2cc(Cl)ncn2)C1. The minimum absolute atomic E-state index is 0.0948. The van der Waals surface area contributed by atoms with E-state index in [0.717, 1.165) is 25.2 Å². The van der Waals surface area contributed by atoms with E-state index in [1.54, 1.807) is 18.0 Å². The van der Waals surface area contributed by atoms with E-state index in [4.69, 9.17) is 16.3 Å². The van der Waals surface area contributed by atoms with Crippen molar-refractivity contribution in [3.05, 3.63) is 17.5 Å². The van der Waals surface area contributed by atoms with Crippen molar-refractivity contribution in [1.29, 1.82) is 0 Å². The van der Waals surface area contributed by atoms with Crippen molar-refractivity contribution in [3.63, 3.8) is 0 Å². The van der Waals surface area contributed by atoms with Gasteiger partial charge in [-0.15, -0.1) is 0 Å². The fourth-order valence-corrected chi connectivity index (χ4v) is 2.60. The van der Waals surface area contributed by atoms with E-state index >= 15 is 0 Å². The summed E-state index contributed by atoms with van der Waals surface area (Å²) in [5, 5.41) is 0.424. The lowest BCUT2D eigenvalue weighted by Gasteiger charge is -2.38. The lowest BCUT2D eigenvalue weighted by atomic mass is 10.0. The molecule has 1 saturated heterocycles. The molecular formula is C15H23ClN4O2. The highest BCUT2D eigenvalue weighted by Gasteiger charge is 2.29. The van der Waals surface area contributed by atoms with E-state index in [0.29, 0.717) is 11.7 Å². The number of likely N-dealkylation sites (N-methyl/N-ethyl adjacent to an activating group) is 1. The minimum Gasteiger partial charge on any atom is -0.444 e. The first-order chi connectivity index (χ1) is 10.3. The fraction of sp³-hybridized carbons (Fsp3) is 0.667. The first kappa shape index (κ1) is 16.8. The van der Waals surface area contributed by atoms with Gasteiger partial charge in [0.1, 0.15) is 22.9 Å². The molecule has 1 aliphatic rings. The van der Waals surface area contributed by atoms with Gasteiger partial charge in [-0.3, -0.25) is 0 Å². The maximum absolute atomic E-state index is 12.2. The van der Waals surface area contributed by atoms with Crippen LogP contribution in [-0.2, 0) is 4.74 Å². The van der Waals surface area contributed by atoms with Gasteiger partial charge in [-0.1, -0.05) is 11.6 Å². The fourth-order valence-electron chi connectivity index (χ4n) is 2.46. The minimum atomic E-state index is -0.486. The van der Waals surface area contributed by atoms with Crippen molar-refractivity contribution in [2.75, 3.05) is 25.0 Å². The zero-order valence-corrected chi connectivity index (χ0v) is 14.3. The molecule has 6 nitrogen and oxygen atoms in total. The Labute approximate surface area is 136 Å². The number of hydrogen-bond acceptors (Lipinski definition) is 5. The number of halogens is 1. The molecule has 1 amide bonds. The summed E-state index contributed by atoms with van der Waals surface area (Å²) in [4.78, 5) is 24.2. The number of amides is 1. The van der Waals surface area contributed by atoms with Crippen LogP contribution in [0.5, 0.6) is 0 Å². The number of ether oxygens (including phenoxy) is 1. The molecule has 1 aromatic heterocycles. The Kier molecular flexibility index (Phi) is 5.11. The van der Waals surface area contributed by atoms with E-state index in [2.05, 4.69) is 14.9 Å². The molecule has 0 aliphatic carbocycles. The number of hydrogen-bond donors (Lipinski definition) is 0. The summed E-state index contributed by atoms with van der Waals surface area (Å²) in [5.74, 6) is 0.794. The number of aromatic nitrogens is 2. The molecule has 1 aliphatic heterocycles. The topological polar surface area (TPSA) is 58.6 Å². The van der Waals surface area contributed by atoms with Gasteiger partial charge in [-0.2, -0.15) is 0 Å². The highest BCUT2D eigenvalue weighted by atomic mass is 35.5. The van der Waals surface area contributed by atoms with Gasteiger partial charge in [-0.25, -0.2) is 14.8 Å². The molecule has 1 fully saturated rings. The maximum atomic E-state index is 12.2. The van der Waals surface area contributed by atoms with E-state index in [1.807, 2.05) is 20.8 Å². The van der Waals surface area contributed by atoms with Crippen LogP contribution in [0.3, 0.4) is 0 Å². The molecule has 0 unspecified atom stereocenters. The third kappa shape index (κ3) is 4.47. The lowest BCUT2D eigenvalue weighted by molar-refractivity contribution is 0.0209. The second-order valence-electron chi connectivity index (χ2n) is 6.53. The van der Waals surface area contributed by atoms with Crippen LogP contribution in [-0.4, -0.2) is 52.7 Å². The Hall–Kier alpha value is -1.56. The van der Waals surface area contributed by atoms with Gasteiger partial charge in [0.15, 0.2) is 0 Å². The van der Waals surface area contributed by atoms with E-state index in [1.165, 1.54) is 6.33 Å². The van der Waals surface area contributed by atoms with Gasteiger partial charge in [0, 0.05) is 26.2 Å². The summed E-state index contributed by atoms with van der Waals surface area (Å²) in [7, 11) is 1.79. The van der Waals surface area contributed by atoms with Crippen LogP contribution in [0.15, 0.2) is 12.4 Å². The molecule has 2 heterocycles. The van der Waals surface area contributed by atoms with Crippen LogP contribution in [0.25, 0.3) is 0 Å². The molecule has 0 spiro atoms. The molecule has 7 heteroatoms. The smallest absolute Gasteiger partial charge is 0.410 e. The molecule has 0 N–H and O–H groups in total. The predicted molar refractivity (Wildman–Crippen MR) is 86.3 cm³/mol. The summed E-state index contributed by atoms with van der Waals surface area (Å²) in [5.41, 5.74) is -0.486. The van der Waals surface area contributed by atoms with Crippen LogP contribution >= 0.6 is 11.6 Å². The van der Waals surface area contributed by atoms with Crippen LogP contribution in [0.4, 0.5) is 10.6 Å². The average Bonchev–Trinajstić information content (AvgIpc) is 2.45. The predicted octanol–water partition coefficient (Wildman–Crippen LogP) is 2.97. The maximum Gasteiger partial charge on any atom is 0.410 e. The highest BCUT2D eigenvalue weighted by molar-refractivity contribution is 6.29. The molecule has 0 radical (unpaired) electrons. The van der Waals surface area contributed by atoms with Crippen molar-refractivity contribution < 1.29 is 9.53 Å². The Bertz CT molecular complexity index is 533. The van der Waals surface area contributed by atoms with E-state index in [-0.39, 0.29) is 12.1 Å². The van der Waals surface area contributed by atoms with Crippen molar-refractivity contribution in [1.82, 2.24) is 14.9 Å². The standard InChI is InChI=1S/C15H23ClN4O2/c1-15(2,3)22-14(21)19(4)11-6-5-7-20(9-11)13-8-12(16)17-10-18-13/h8,10-11H,5-7,9H2,1-4H3/t11-/m0/s1. The molecule has 22 heavy (non-hydrogen) atoms. The summed E-state index contributed by atoms with van der Waals surface area (Å²) >= 11 is 5.92. The largest absolute Gasteiger partial charge is 0.444 e. The van der Waals surface area contributed by atoms with Gasteiger partial charge < -0.3 is 14.5 Å². The van der Waals surface area contributed by atoms with Gasteiger partial charge in [0.2, 0.25) is 0 Å². The third-order valence-electron chi connectivity index (χ3n) is 3.57. The second kappa shape index (κ2) is 6.69. The average molecular weight is 327 g/mol. The van der Waals surface area contributed by atoms with Crippen molar-refractivity contribution >= 4 is 23.5 Å². The molecule has 2 rings (SSSR count). The molecular weight excluding hydrogens is 304 g/mol. The molecule has 0 saturated carbocycles. The van der Waals surface area contributed by atoms with E-state index < -0.39 is 5.60 Å². The van der Waals surface area contributed by atoms with Gasteiger partial charge in [-0.05, 0) is 33.6 Å². The molecule has 122 valence electrons. The van der Waals surface area contributed by atoms with Crippen LogP contribution in [0.2, 0.25) is 5.15 Å². The number of carbonyl (C=O) groups excluding carboxylic acids is 1. The Morgan fingerprint density at radius 1 is 1.45 bits per heavy atom. The first-order valence-electron chi connectivity index (χ1n) is 7.44. The zero-order valence-electron chi connectivity index (χ0n) is 13.5. The number of rotatable bonds is 2. The third-order valence-corrected chi connectivity index (χ3v) is 3.78. The second-order valence-corrected chi connectivity index (χ2v) is 6.92. The van der Waals surface area contributed by atoms with Crippen LogP contribution < -0.4 is 4.90 Å². The Morgan fingerprint density at radius 3 is 2.82 bits per heavy atom. The summed E-state index contributed by atoms with van der Waals surface area (Å²) in [6.45, 7) is 7.22. The molecule has 1 aromatic rings. The van der Waals surface area contributed by atoms with Crippen LogP contribution in [0.1, 0.15) is 33.6 Å². The quantitative estimate of drug-likeness (QED) is 0.782. The highest BCUT2D eigenvalue weighted by Crippen LogP contribution is 2.22. The van der Waals surface area contributed by atoms with Gasteiger partial charge >= 0.3 is 6.09 Å². The normalized spacial score (nSPS) is 19.0. The molecule has 1 atom stereocenters.